The van der Waals surface area contributed by atoms with E-state index in [9.17, 15) is 13.2 Å². The van der Waals surface area contributed by atoms with Gasteiger partial charge in [-0.05, 0) is 29.8 Å². The van der Waals surface area contributed by atoms with Crippen molar-refractivity contribution >= 4 is 5.82 Å². The zero-order valence-electron chi connectivity index (χ0n) is 12.6. The van der Waals surface area contributed by atoms with E-state index < -0.39 is 12.3 Å². The average molecular weight is 345 g/mol. The van der Waals surface area contributed by atoms with Gasteiger partial charge in [0.2, 0.25) is 12.0 Å². The molecule has 0 fully saturated rings. The molecule has 0 N–H and O–H groups in total. The molecule has 6 nitrogen and oxygen atoms in total. The highest BCUT2D eigenvalue weighted by Crippen LogP contribution is 2.42. The van der Waals surface area contributed by atoms with Crippen LogP contribution in [0.5, 0.6) is 11.6 Å². The number of nitrogens with zero attached hydrogens (tertiary/aromatic N) is 5. The lowest BCUT2D eigenvalue weighted by Crippen LogP contribution is -2.21. The van der Waals surface area contributed by atoms with Gasteiger partial charge in [0, 0.05) is 24.0 Å². The number of hydrogen-bond donors (Lipinski definition) is 0. The van der Waals surface area contributed by atoms with Gasteiger partial charge < -0.3 is 4.74 Å². The van der Waals surface area contributed by atoms with Gasteiger partial charge in [0.25, 0.3) is 0 Å². The number of fused-ring (bicyclic) bond motifs is 1. The van der Waals surface area contributed by atoms with Crippen molar-refractivity contribution in [3.05, 3.63) is 54.9 Å². The number of ether oxygens (including phenoxy) is 1. The quantitative estimate of drug-likeness (QED) is 0.678. The Kier molecular flexibility index (Phi) is 3.48. The van der Waals surface area contributed by atoms with Crippen molar-refractivity contribution in [3.63, 3.8) is 0 Å². The van der Waals surface area contributed by atoms with Gasteiger partial charge in [-0.25, -0.2) is 0 Å². The Balaban J connectivity index is 1.57. The maximum Gasteiger partial charge on any atom is 0.431 e. The molecule has 2 aromatic heterocycles. The molecular weight excluding hydrogens is 335 g/mol. The van der Waals surface area contributed by atoms with Gasteiger partial charge in [-0.15, -0.1) is 10.2 Å². The molecule has 0 spiro atoms. The highest BCUT2D eigenvalue weighted by molar-refractivity contribution is 5.67. The van der Waals surface area contributed by atoms with E-state index in [1.807, 2.05) is 0 Å². The molecule has 0 bridgehead atoms. The number of alkyl halides is 3. The Hall–Kier alpha value is -3.23. The van der Waals surface area contributed by atoms with Gasteiger partial charge in [0.15, 0.2) is 5.82 Å². The van der Waals surface area contributed by atoms with Gasteiger partial charge >= 0.3 is 6.18 Å². The molecule has 1 atom stereocenters. The highest BCUT2D eigenvalue weighted by Gasteiger charge is 2.44. The fourth-order valence-corrected chi connectivity index (χ4v) is 2.47. The second-order valence-electron chi connectivity index (χ2n) is 5.31. The predicted molar refractivity (Wildman–Crippen MR) is 81.6 cm³/mol. The van der Waals surface area contributed by atoms with E-state index in [0.717, 1.165) is 10.1 Å². The zero-order chi connectivity index (χ0) is 17.4. The van der Waals surface area contributed by atoms with Crippen LogP contribution >= 0.6 is 0 Å². The van der Waals surface area contributed by atoms with Gasteiger partial charge in [-0.3, -0.25) is 4.57 Å². The molecule has 0 amide bonds. The molecule has 0 aliphatic carbocycles. The maximum atomic E-state index is 12.9. The zero-order valence-corrected chi connectivity index (χ0v) is 12.6. The van der Waals surface area contributed by atoms with E-state index in [-0.39, 0.29) is 5.82 Å². The number of halogens is 3. The maximum absolute atomic E-state index is 12.9. The summed E-state index contributed by atoms with van der Waals surface area (Å²) in [4.78, 5) is 0. The molecule has 9 heteroatoms. The first-order chi connectivity index (χ1) is 12.0. The Labute approximate surface area is 139 Å². The summed E-state index contributed by atoms with van der Waals surface area (Å²) in [6.07, 6.45) is -3.50. The van der Waals surface area contributed by atoms with Crippen LogP contribution in [0.25, 0.3) is 11.1 Å². The van der Waals surface area contributed by atoms with Crippen LogP contribution in [-0.2, 0) is 0 Å². The molecule has 3 heterocycles. The lowest BCUT2D eigenvalue weighted by Gasteiger charge is -2.13. The highest BCUT2D eigenvalue weighted by atomic mass is 19.4. The number of azo groups is 1. The third-order valence-corrected chi connectivity index (χ3v) is 3.61. The van der Waals surface area contributed by atoms with E-state index in [1.165, 1.54) is 12.4 Å². The minimum absolute atomic E-state index is 0.178. The molecule has 3 aromatic rings. The molecule has 1 aromatic carbocycles. The fraction of sp³-hybridized carbons (Fsp3) is 0.125. The molecule has 0 saturated heterocycles. The van der Waals surface area contributed by atoms with Crippen molar-refractivity contribution in [2.24, 2.45) is 10.2 Å². The second-order valence-corrected chi connectivity index (χ2v) is 5.31. The Morgan fingerprint density at radius 2 is 1.84 bits per heavy atom. The Bertz CT molecular complexity index is 919. The van der Waals surface area contributed by atoms with Crippen LogP contribution in [0.3, 0.4) is 0 Å². The average Bonchev–Trinajstić information content (AvgIpc) is 3.16. The molecule has 0 radical (unpaired) electrons. The van der Waals surface area contributed by atoms with Crippen molar-refractivity contribution in [2.45, 2.75) is 12.3 Å². The van der Waals surface area contributed by atoms with Crippen molar-refractivity contribution in [2.75, 3.05) is 0 Å². The van der Waals surface area contributed by atoms with E-state index in [1.54, 1.807) is 42.5 Å². The van der Waals surface area contributed by atoms with Crippen molar-refractivity contribution in [1.82, 2.24) is 14.8 Å². The first-order valence-electron chi connectivity index (χ1n) is 7.26. The Morgan fingerprint density at radius 3 is 2.52 bits per heavy atom. The van der Waals surface area contributed by atoms with Gasteiger partial charge in [0.05, 0.1) is 0 Å². The van der Waals surface area contributed by atoms with Crippen LogP contribution in [-0.4, -0.2) is 20.9 Å². The van der Waals surface area contributed by atoms with E-state index in [4.69, 9.17) is 4.74 Å². The van der Waals surface area contributed by atoms with Gasteiger partial charge in [-0.1, -0.05) is 12.1 Å². The summed E-state index contributed by atoms with van der Waals surface area (Å²) in [5.41, 5.74) is 1.36. The standard InChI is InChI=1S/C16H10F3N5O/c17-16(18,19)15-23-21-13-8-11(9-24(13)15)10-3-5-12(6-4-10)25-14-2-1-7-20-22-14/h1-9,15H. The van der Waals surface area contributed by atoms with Gasteiger partial charge in [0.1, 0.15) is 5.75 Å². The van der Waals surface area contributed by atoms with E-state index >= 15 is 0 Å². The van der Waals surface area contributed by atoms with Crippen LogP contribution in [0.1, 0.15) is 6.17 Å². The third-order valence-electron chi connectivity index (χ3n) is 3.61. The first-order valence-corrected chi connectivity index (χ1v) is 7.26. The summed E-state index contributed by atoms with van der Waals surface area (Å²) >= 11 is 0. The molecule has 1 unspecified atom stereocenters. The molecule has 0 saturated carbocycles. The molecule has 4 rings (SSSR count). The fourth-order valence-electron chi connectivity index (χ4n) is 2.47. The smallest absolute Gasteiger partial charge is 0.431 e. The first kappa shape index (κ1) is 15.3. The lowest BCUT2D eigenvalue weighted by atomic mass is 10.1. The van der Waals surface area contributed by atoms with Crippen LogP contribution < -0.4 is 4.74 Å². The summed E-state index contributed by atoms with van der Waals surface area (Å²) in [6.45, 7) is 0. The topological polar surface area (TPSA) is 64.7 Å². The second kappa shape index (κ2) is 5.69. The number of benzene rings is 1. The monoisotopic (exact) mass is 345 g/mol. The normalized spacial score (nSPS) is 16.0. The lowest BCUT2D eigenvalue weighted by molar-refractivity contribution is -0.164. The number of rotatable bonds is 3. The molecular formula is C16H10F3N5O. The van der Waals surface area contributed by atoms with Crippen LogP contribution in [0.4, 0.5) is 19.0 Å². The van der Waals surface area contributed by atoms with Crippen LogP contribution in [0.2, 0.25) is 0 Å². The Morgan fingerprint density at radius 1 is 1.04 bits per heavy atom. The predicted octanol–water partition coefficient (Wildman–Crippen LogP) is 4.90. The minimum atomic E-state index is -4.47. The van der Waals surface area contributed by atoms with Crippen molar-refractivity contribution in [1.29, 1.82) is 0 Å². The summed E-state index contributed by atoms with van der Waals surface area (Å²) in [6, 6.07) is 11.8. The minimum Gasteiger partial charge on any atom is -0.438 e. The summed E-state index contributed by atoms with van der Waals surface area (Å²) in [7, 11) is 0. The van der Waals surface area contributed by atoms with Crippen LogP contribution in [0.15, 0.2) is 65.1 Å². The van der Waals surface area contributed by atoms with Crippen molar-refractivity contribution in [3.8, 4) is 22.8 Å². The molecule has 1 aliphatic heterocycles. The largest absolute Gasteiger partial charge is 0.438 e. The number of hydrogen-bond acceptors (Lipinski definition) is 5. The summed E-state index contributed by atoms with van der Waals surface area (Å²) in [5, 5.41) is 14.4. The molecule has 25 heavy (non-hydrogen) atoms. The molecule has 1 aliphatic rings. The van der Waals surface area contributed by atoms with E-state index in [0.29, 0.717) is 17.2 Å². The number of aromatic nitrogens is 3. The molecule has 126 valence electrons. The third kappa shape index (κ3) is 2.95. The van der Waals surface area contributed by atoms with Crippen molar-refractivity contribution < 1.29 is 17.9 Å². The van der Waals surface area contributed by atoms with Crippen LogP contribution in [0, 0.1) is 0 Å². The van der Waals surface area contributed by atoms with Gasteiger partial charge in [-0.2, -0.15) is 23.4 Å². The van der Waals surface area contributed by atoms with E-state index in [2.05, 4.69) is 20.4 Å². The summed E-state index contributed by atoms with van der Waals surface area (Å²) in [5.74, 6) is 1.08. The SMILES string of the molecule is FC(F)(F)C1N=Nc2cc(-c3ccc(Oc4cccnn4)cc3)cn21. The summed E-state index contributed by atoms with van der Waals surface area (Å²) < 4.78 is 45.3.